The molecule has 1 N–H and O–H groups in total. The van der Waals surface area contributed by atoms with Crippen molar-refractivity contribution in [2.75, 3.05) is 0 Å². The first-order valence-corrected chi connectivity index (χ1v) is 2.26. The van der Waals surface area contributed by atoms with Crippen molar-refractivity contribution in [2.24, 2.45) is 0 Å². The van der Waals surface area contributed by atoms with Crippen molar-refractivity contribution in [3.05, 3.63) is 24.3 Å². The number of phenolic OH excluding ortho intramolecular Hbond substituents is 1. The first kappa shape index (κ1) is 8.42. The minimum atomic E-state index is -0.326. The second-order valence-electron chi connectivity index (χ2n) is 1.47. The van der Waals surface area contributed by atoms with Gasteiger partial charge in [0.15, 0.2) is 0 Å². The van der Waals surface area contributed by atoms with Crippen LogP contribution < -0.4 is 24.0 Å². The predicted octanol–water partition coefficient (Wildman–Crippen LogP) is -2.53. The van der Waals surface area contributed by atoms with Crippen LogP contribution in [-0.4, -0.2) is 5.11 Å². The standard InChI is InChI=1S/C6H6O2.Li/c7-5-3-1-2-4-6(5)8;/h1-4,7-8H;/q;+1/p-1. The van der Waals surface area contributed by atoms with Crippen LogP contribution in [0.1, 0.15) is 0 Å². The molecule has 0 radical (unpaired) electrons. The zero-order valence-corrected chi connectivity index (χ0v) is 5.16. The molecule has 0 atom stereocenters. The van der Waals surface area contributed by atoms with E-state index in [9.17, 15) is 5.11 Å². The van der Waals surface area contributed by atoms with E-state index in [0.29, 0.717) is 0 Å². The van der Waals surface area contributed by atoms with E-state index in [-0.39, 0.29) is 30.4 Å². The summed E-state index contributed by atoms with van der Waals surface area (Å²) in [6.45, 7) is 0. The third kappa shape index (κ3) is 2.01. The van der Waals surface area contributed by atoms with Gasteiger partial charge in [0.1, 0.15) is 5.75 Å². The van der Waals surface area contributed by atoms with Crippen molar-refractivity contribution in [1.82, 2.24) is 0 Å². The Kier molecular flexibility index (Phi) is 3.22. The van der Waals surface area contributed by atoms with Crippen molar-refractivity contribution in [1.29, 1.82) is 0 Å². The molecule has 1 aromatic rings. The topological polar surface area (TPSA) is 43.3 Å². The summed E-state index contributed by atoms with van der Waals surface area (Å²) in [6, 6.07) is 5.87. The van der Waals surface area contributed by atoms with Gasteiger partial charge in [-0.15, -0.1) is 0 Å². The van der Waals surface area contributed by atoms with E-state index in [1.54, 1.807) is 12.1 Å². The normalized spacial score (nSPS) is 8.00. The van der Waals surface area contributed by atoms with Crippen molar-refractivity contribution in [3.63, 3.8) is 0 Å². The molecule has 0 fully saturated rings. The fraction of sp³-hybridized carbons (Fsp3) is 0. The number of benzene rings is 1. The molecule has 1 rings (SSSR count). The molecule has 2 nitrogen and oxygen atoms in total. The monoisotopic (exact) mass is 116 g/mol. The first-order chi connectivity index (χ1) is 3.80. The molecule has 0 bridgehead atoms. The summed E-state index contributed by atoms with van der Waals surface area (Å²) >= 11 is 0. The average molecular weight is 116 g/mol. The fourth-order valence-corrected chi connectivity index (χ4v) is 0.457. The van der Waals surface area contributed by atoms with Crippen LogP contribution >= 0.6 is 0 Å². The van der Waals surface area contributed by atoms with Gasteiger partial charge >= 0.3 is 18.9 Å². The van der Waals surface area contributed by atoms with Gasteiger partial charge in [0, 0.05) is 0 Å². The van der Waals surface area contributed by atoms with Gasteiger partial charge in [0.05, 0.1) is 0 Å². The summed E-state index contributed by atoms with van der Waals surface area (Å²) in [5.74, 6) is -0.514. The van der Waals surface area contributed by atoms with E-state index in [0.717, 1.165) is 0 Å². The minimum Gasteiger partial charge on any atom is -0.870 e. The Morgan fingerprint density at radius 1 is 1.22 bits per heavy atom. The first-order valence-electron chi connectivity index (χ1n) is 2.26. The molecule has 0 amide bonds. The van der Waals surface area contributed by atoms with Crippen LogP contribution in [0.4, 0.5) is 0 Å². The molecule has 0 aliphatic heterocycles. The summed E-state index contributed by atoms with van der Waals surface area (Å²) in [7, 11) is 0. The summed E-state index contributed by atoms with van der Waals surface area (Å²) in [4.78, 5) is 0. The predicted molar refractivity (Wildman–Crippen MR) is 27.6 cm³/mol. The quantitative estimate of drug-likeness (QED) is 0.380. The van der Waals surface area contributed by atoms with Crippen LogP contribution in [0.25, 0.3) is 0 Å². The SMILES string of the molecule is [Li+].[O-]c1ccccc1O. The fourth-order valence-electron chi connectivity index (χ4n) is 0.457. The summed E-state index contributed by atoms with van der Waals surface area (Å²) in [5, 5.41) is 19.0. The van der Waals surface area contributed by atoms with E-state index < -0.39 is 0 Å². The van der Waals surface area contributed by atoms with E-state index in [4.69, 9.17) is 5.11 Å². The van der Waals surface area contributed by atoms with Crippen LogP contribution in [0.3, 0.4) is 0 Å². The van der Waals surface area contributed by atoms with Crippen LogP contribution in [0, 0.1) is 0 Å². The molecule has 0 aliphatic carbocycles. The largest absolute Gasteiger partial charge is 1.00 e. The number of para-hydroxylation sites is 2. The maximum Gasteiger partial charge on any atom is 1.00 e. The van der Waals surface area contributed by atoms with Crippen LogP contribution in [0.2, 0.25) is 0 Å². The number of hydrogen-bond acceptors (Lipinski definition) is 2. The molecule has 0 saturated carbocycles. The zero-order chi connectivity index (χ0) is 5.98. The van der Waals surface area contributed by atoms with Gasteiger partial charge in [0.25, 0.3) is 0 Å². The summed E-state index contributed by atoms with van der Waals surface area (Å²) in [6.07, 6.45) is 0. The number of phenols is 1. The Hall–Kier alpha value is -0.583. The Labute approximate surface area is 65.3 Å². The van der Waals surface area contributed by atoms with Gasteiger partial charge in [-0.3, -0.25) is 0 Å². The van der Waals surface area contributed by atoms with E-state index in [2.05, 4.69) is 0 Å². The van der Waals surface area contributed by atoms with Crippen molar-refractivity contribution in [3.8, 4) is 11.5 Å². The smallest absolute Gasteiger partial charge is 0.870 e. The average Bonchev–Trinajstić information content (AvgIpc) is 1.77. The summed E-state index contributed by atoms with van der Waals surface area (Å²) in [5.41, 5.74) is 0. The minimum absolute atomic E-state index is 0. The third-order valence-electron chi connectivity index (χ3n) is 0.865. The van der Waals surface area contributed by atoms with E-state index >= 15 is 0 Å². The molecule has 0 unspecified atom stereocenters. The van der Waals surface area contributed by atoms with E-state index in [1.807, 2.05) is 0 Å². The van der Waals surface area contributed by atoms with Gasteiger partial charge in [-0.25, -0.2) is 0 Å². The number of aromatic hydroxyl groups is 1. The molecule has 0 saturated heterocycles. The zero-order valence-electron chi connectivity index (χ0n) is 5.16. The van der Waals surface area contributed by atoms with Gasteiger partial charge < -0.3 is 10.2 Å². The molecule has 1 aromatic carbocycles. The molecular formula is C6H5LiO2. The molecule has 0 aromatic heterocycles. The molecule has 9 heavy (non-hydrogen) atoms. The second kappa shape index (κ2) is 3.44. The Bertz CT molecular complexity index is 167. The maximum atomic E-state index is 10.4. The molecule has 0 aliphatic rings. The Morgan fingerprint density at radius 3 is 2.11 bits per heavy atom. The second-order valence-corrected chi connectivity index (χ2v) is 1.47. The maximum absolute atomic E-state index is 10.4. The van der Waals surface area contributed by atoms with Gasteiger partial charge in [-0.1, -0.05) is 23.9 Å². The molecule has 3 heteroatoms. The van der Waals surface area contributed by atoms with E-state index in [1.165, 1.54) is 12.1 Å². The van der Waals surface area contributed by atoms with Crippen LogP contribution in [0.15, 0.2) is 24.3 Å². The van der Waals surface area contributed by atoms with Crippen molar-refractivity contribution >= 4 is 0 Å². The van der Waals surface area contributed by atoms with Gasteiger partial charge in [0.2, 0.25) is 0 Å². The number of hydrogen-bond donors (Lipinski definition) is 1. The number of rotatable bonds is 0. The van der Waals surface area contributed by atoms with Gasteiger partial charge in [-0.05, 0) is 6.07 Å². The Morgan fingerprint density at radius 2 is 1.78 bits per heavy atom. The molecular weight excluding hydrogens is 111 g/mol. The van der Waals surface area contributed by atoms with Crippen molar-refractivity contribution < 1.29 is 29.1 Å². The third-order valence-corrected chi connectivity index (χ3v) is 0.865. The van der Waals surface area contributed by atoms with Crippen LogP contribution in [-0.2, 0) is 0 Å². The molecule has 0 spiro atoms. The molecule has 42 valence electrons. The van der Waals surface area contributed by atoms with Crippen LogP contribution in [0.5, 0.6) is 11.5 Å². The van der Waals surface area contributed by atoms with Gasteiger partial charge in [-0.2, -0.15) is 0 Å². The van der Waals surface area contributed by atoms with Crippen molar-refractivity contribution in [2.45, 2.75) is 0 Å². The summed E-state index contributed by atoms with van der Waals surface area (Å²) < 4.78 is 0. The Balaban J connectivity index is 0.000000640. The molecule has 0 heterocycles.